The fourth-order valence-electron chi connectivity index (χ4n) is 5.33. The second-order valence-electron chi connectivity index (χ2n) is 10.1. The number of hydrogen-bond acceptors (Lipinski definition) is 5. The number of nitrogens with zero attached hydrogens (tertiary/aromatic N) is 2. The van der Waals surface area contributed by atoms with Gasteiger partial charge in [0.15, 0.2) is 0 Å². The molecule has 5 heteroatoms. The van der Waals surface area contributed by atoms with E-state index in [1.165, 1.54) is 16.8 Å². The van der Waals surface area contributed by atoms with Crippen LogP contribution in [0.5, 0.6) is 17.2 Å². The summed E-state index contributed by atoms with van der Waals surface area (Å²) in [5.74, 6) is 1.37. The van der Waals surface area contributed by atoms with Crippen LogP contribution in [-0.4, -0.2) is 48.0 Å². The Bertz CT molecular complexity index is 1540. The van der Waals surface area contributed by atoms with Crippen molar-refractivity contribution in [1.29, 1.82) is 0 Å². The molecular formula is C34H32N2O3. The van der Waals surface area contributed by atoms with E-state index in [0.717, 1.165) is 60.2 Å². The first-order chi connectivity index (χ1) is 19.1. The molecule has 0 saturated carbocycles. The average molecular weight is 517 g/mol. The lowest BCUT2D eigenvalue weighted by molar-refractivity contribution is 0.120. The van der Waals surface area contributed by atoms with Crippen molar-refractivity contribution in [2.45, 2.75) is 6.42 Å². The van der Waals surface area contributed by atoms with Gasteiger partial charge in [-0.15, -0.1) is 0 Å². The number of ether oxygens (including phenoxy) is 1. The van der Waals surface area contributed by atoms with Crippen molar-refractivity contribution >= 4 is 16.5 Å². The second-order valence-corrected chi connectivity index (χ2v) is 10.1. The smallest absolute Gasteiger partial charge is 0.142 e. The molecule has 0 bridgehead atoms. The van der Waals surface area contributed by atoms with Gasteiger partial charge < -0.3 is 19.8 Å². The number of piperazine rings is 1. The van der Waals surface area contributed by atoms with Crippen LogP contribution in [0.25, 0.3) is 21.9 Å². The van der Waals surface area contributed by atoms with Gasteiger partial charge in [-0.25, -0.2) is 0 Å². The van der Waals surface area contributed by atoms with Gasteiger partial charge in [0.1, 0.15) is 24.0 Å². The van der Waals surface area contributed by atoms with E-state index in [2.05, 4.69) is 58.3 Å². The molecule has 5 aromatic rings. The van der Waals surface area contributed by atoms with Gasteiger partial charge in [0, 0.05) is 31.9 Å². The van der Waals surface area contributed by atoms with Crippen molar-refractivity contribution in [2.24, 2.45) is 0 Å². The van der Waals surface area contributed by atoms with E-state index in [1.54, 1.807) is 24.3 Å². The summed E-state index contributed by atoms with van der Waals surface area (Å²) in [4.78, 5) is 4.77. The molecule has 5 aromatic carbocycles. The number of phenolic OH excluding ortho intramolecular Hbond substituents is 2. The fourth-order valence-corrected chi connectivity index (χ4v) is 5.33. The molecule has 0 aromatic heterocycles. The average Bonchev–Trinajstić information content (AvgIpc) is 2.98. The van der Waals surface area contributed by atoms with Gasteiger partial charge in [-0.05, 0) is 88.0 Å². The Kier molecular flexibility index (Phi) is 7.07. The Labute approximate surface area is 229 Å². The molecule has 0 radical (unpaired) electrons. The molecule has 1 saturated heterocycles. The van der Waals surface area contributed by atoms with Crippen LogP contribution in [-0.2, 0) is 6.42 Å². The highest BCUT2D eigenvalue weighted by Crippen LogP contribution is 2.34. The van der Waals surface area contributed by atoms with Crippen molar-refractivity contribution in [3.63, 3.8) is 0 Å². The van der Waals surface area contributed by atoms with E-state index in [0.29, 0.717) is 6.73 Å². The van der Waals surface area contributed by atoms with Crippen molar-refractivity contribution in [2.75, 3.05) is 37.8 Å². The van der Waals surface area contributed by atoms with Gasteiger partial charge in [0.25, 0.3) is 0 Å². The highest BCUT2D eigenvalue weighted by Gasteiger charge is 2.17. The number of para-hydroxylation sites is 1. The van der Waals surface area contributed by atoms with E-state index in [4.69, 9.17) is 4.74 Å². The molecule has 1 aliphatic rings. The molecule has 0 spiro atoms. The van der Waals surface area contributed by atoms with E-state index in [9.17, 15) is 10.2 Å². The first-order valence-corrected chi connectivity index (χ1v) is 13.4. The van der Waals surface area contributed by atoms with Crippen molar-refractivity contribution in [1.82, 2.24) is 4.90 Å². The predicted octanol–water partition coefficient (Wildman–Crippen LogP) is 6.67. The highest BCUT2D eigenvalue weighted by atomic mass is 16.5. The fraction of sp³-hybridized carbons (Fsp3) is 0.176. The van der Waals surface area contributed by atoms with Gasteiger partial charge in [-0.1, -0.05) is 60.7 Å². The summed E-state index contributed by atoms with van der Waals surface area (Å²) in [5, 5.41) is 21.9. The molecular weight excluding hydrogens is 484 g/mol. The van der Waals surface area contributed by atoms with Gasteiger partial charge in [-0.2, -0.15) is 0 Å². The topological polar surface area (TPSA) is 56.2 Å². The van der Waals surface area contributed by atoms with Crippen LogP contribution in [0.1, 0.15) is 11.1 Å². The van der Waals surface area contributed by atoms with Crippen LogP contribution in [0.3, 0.4) is 0 Å². The molecule has 0 atom stereocenters. The largest absolute Gasteiger partial charge is 0.508 e. The third-order valence-corrected chi connectivity index (χ3v) is 7.50. The third kappa shape index (κ3) is 5.69. The number of hydrogen-bond donors (Lipinski definition) is 2. The first kappa shape index (κ1) is 24.8. The molecule has 6 rings (SSSR count). The van der Waals surface area contributed by atoms with Gasteiger partial charge in [0.2, 0.25) is 0 Å². The van der Waals surface area contributed by atoms with Gasteiger partial charge in [-0.3, -0.25) is 4.90 Å². The Hall–Kier alpha value is -4.48. The Morgan fingerprint density at radius 1 is 0.667 bits per heavy atom. The predicted molar refractivity (Wildman–Crippen MR) is 158 cm³/mol. The lowest BCUT2D eigenvalue weighted by atomic mass is 9.90. The molecule has 39 heavy (non-hydrogen) atoms. The zero-order valence-electron chi connectivity index (χ0n) is 21.8. The van der Waals surface area contributed by atoms with Crippen LogP contribution in [0.15, 0.2) is 109 Å². The minimum atomic E-state index is 0.250. The molecule has 0 unspecified atom stereocenters. The van der Waals surface area contributed by atoms with E-state index in [1.807, 2.05) is 36.4 Å². The Morgan fingerprint density at radius 3 is 2.13 bits per heavy atom. The second kappa shape index (κ2) is 11.1. The monoisotopic (exact) mass is 516 g/mol. The van der Waals surface area contributed by atoms with Gasteiger partial charge in [0.05, 0.1) is 0 Å². The number of benzene rings is 5. The van der Waals surface area contributed by atoms with Crippen LogP contribution in [0, 0.1) is 0 Å². The summed E-state index contributed by atoms with van der Waals surface area (Å²) in [6.45, 7) is 4.53. The van der Waals surface area contributed by atoms with Crippen LogP contribution in [0.2, 0.25) is 0 Å². The third-order valence-electron chi connectivity index (χ3n) is 7.50. The summed E-state index contributed by atoms with van der Waals surface area (Å²) in [5.41, 5.74) is 5.81. The molecule has 196 valence electrons. The Morgan fingerprint density at radius 2 is 1.38 bits per heavy atom. The maximum Gasteiger partial charge on any atom is 0.142 e. The maximum atomic E-state index is 10.0. The van der Waals surface area contributed by atoms with Crippen LogP contribution in [0.4, 0.5) is 5.69 Å². The lowest BCUT2D eigenvalue weighted by Gasteiger charge is -2.35. The van der Waals surface area contributed by atoms with E-state index in [-0.39, 0.29) is 11.5 Å². The van der Waals surface area contributed by atoms with E-state index < -0.39 is 0 Å². The quantitative estimate of drug-likeness (QED) is 0.253. The summed E-state index contributed by atoms with van der Waals surface area (Å²) < 4.78 is 6.14. The van der Waals surface area contributed by atoms with Crippen molar-refractivity contribution < 1.29 is 14.9 Å². The number of fused-ring (bicyclic) bond motifs is 1. The zero-order chi connectivity index (χ0) is 26.6. The summed E-state index contributed by atoms with van der Waals surface area (Å²) in [6.07, 6.45) is 0.736. The SMILES string of the molecule is Oc1ccc(-c2ccc3cc(O)ccc3c2Cc2ccc(OCN3CCN(c4ccccc4)CC3)cc2)cc1. The molecule has 0 aliphatic carbocycles. The molecule has 2 N–H and O–H groups in total. The van der Waals surface area contributed by atoms with E-state index >= 15 is 0 Å². The molecule has 1 aliphatic heterocycles. The number of aromatic hydroxyl groups is 2. The molecule has 1 heterocycles. The number of rotatable bonds is 7. The number of anilines is 1. The highest BCUT2D eigenvalue weighted by molar-refractivity contribution is 5.93. The molecule has 1 fully saturated rings. The number of phenols is 2. The standard InChI is InChI=1S/C34H32N2O3/c37-29-11-8-26(9-12-29)32-16-10-27-23-30(38)13-17-33(27)34(32)22-25-6-14-31(15-7-25)39-24-35-18-20-36(21-19-35)28-4-2-1-3-5-28/h1-17,23,37-38H,18-22,24H2. The summed E-state index contributed by atoms with van der Waals surface area (Å²) in [6, 6.07) is 35.9. The van der Waals surface area contributed by atoms with Gasteiger partial charge >= 0.3 is 0 Å². The minimum Gasteiger partial charge on any atom is -0.508 e. The lowest BCUT2D eigenvalue weighted by Crippen LogP contribution is -2.47. The molecule has 0 amide bonds. The van der Waals surface area contributed by atoms with Crippen molar-refractivity contribution in [3.05, 3.63) is 120 Å². The maximum absolute atomic E-state index is 10.0. The summed E-state index contributed by atoms with van der Waals surface area (Å²) >= 11 is 0. The minimum absolute atomic E-state index is 0.250. The Balaban J connectivity index is 1.14. The van der Waals surface area contributed by atoms with Crippen molar-refractivity contribution in [3.8, 4) is 28.4 Å². The van der Waals surface area contributed by atoms with Crippen LogP contribution >= 0.6 is 0 Å². The molecule has 5 nitrogen and oxygen atoms in total. The summed E-state index contributed by atoms with van der Waals surface area (Å²) in [7, 11) is 0. The first-order valence-electron chi connectivity index (χ1n) is 13.4. The van der Waals surface area contributed by atoms with Crippen LogP contribution < -0.4 is 9.64 Å². The zero-order valence-corrected chi connectivity index (χ0v) is 21.8. The normalized spacial score (nSPS) is 14.0.